The van der Waals surface area contributed by atoms with Crippen molar-refractivity contribution < 1.29 is 13.2 Å². The maximum Gasteiger partial charge on any atom is 0.225 e. The van der Waals surface area contributed by atoms with Crippen LogP contribution in [0.4, 0.5) is 5.69 Å². The molecule has 1 aliphatic heterocycles. The Hall–Kier alpha value is -2.87. The molecule has 0 bridgehead atoms. The minimum atomic E-state index is -3.16. The van der Waals surface area contributed by atoms with Gasteiger partial charge in [0, 0.05) is 31.1 Å². The van der Waals surface area contributed by atoms with Crippen molar-refractivity contribution in [3.8, 4) is 0 Å². The summed E-state index contributed by atoms with van der Waals surface area (Å²) in [4.78, 5) is 16.6. The van der Waals surface area contributed by atoms with Gasteiger partial charge in [-0.15, -0.1) is 0 Å². The third-order valence-electron chi connectivity index (χ3n) is 5.07. The Labute approximate surface area is 184 Å². The van der Waals surface area contributed by atoms with Crippen LogP contribution in [-0.2, 0) is 20.4 Å². The van der Waals surface area contributed by atoms with Crippen LogP contribution < -0.4 is 16.0 Å². The van der Waals surface area contributed by atoms with E-state index in [4.69, 9.17) is 0 Å². The Balaban J connectivity index is 1.52. The highest BCUT2D eigenvalue weighted by molar-refractivity contribution is 7.90. The maximum atomic E-state index is 12.3. The standard InChI is InChI=1S/C23H30N4O3S/c1-2-24-23(25-13-8-14-31(29,30)17-18-9-4-3-5-10-18)26-16-19-15-22(28)27-21-12-7-6-11-20(19)21/h3-7,9-12,19H,2,8,13-17H2,1H3,(H,27,28)(H2,24,25,26). The summed E-state index contributed by atoms with van der Waals surface area (Å²) in [5.74, 6) is 0.828. The molecule has 7 nitrogen and oxygen atoms in total. The summed E-state index contributed by atoms with van der Waals surface area (Å²) in [5.41, 5.74) is 2.75. The third-order valence-corrected chi connectivity index (χ3v) is 6.76. The smallest absolute Gasteiger partial charge is 0.225 e. The van der Waals surface area contributed by atoms with Crippen molar-refractivity contribution in [1.29, 1.82) is 0 Å². The van der Waals surface area contributed by atoms with Gasteiger partial charge >= 0.3 is 0 Å². The number of rotatable bonds is 9. The first-order valence-electron chi connectivity index (χ1n) is 10.6. The monoisotopic (exact) mass is 442 g/mol. The SMILES string of the molecule is CCNC(=NCC1CC(=O)Nc2ccccc21)NCCCS(=O)(=O)Cc1ccccc1. The number of para-hydroxylation sites is 1. The highest BCUT2D eigenvalue weighted by Gasteiger charge is 2.24. The zero-order valence-electron chi connectivity index (χ0n) is 17.8. The van der Waals surface area contributed by atoms with Crippen LogP contribution in [0, 0.1) is 0 Å². The summed E-state index contributed by atoms with van der Waals surface area (Å²) in [5, 5.41) is 9.29. The molecule has 3 rings (SSSR count). The van der Waals surface area contributed by atoms with Crippen LogP contribution in [0.3, 0.4) is 0 Å². The molecule has 0 aromatic heterocycles. The number of sulfone groups is 1. The molecule has 0 saturated heterocycles. The number of nitrogens with zero attached hydrogens (tertiary/aromatic N) is 1. The molecular weight excluding hydrogens is 412 g/mol. The molecule has 0 saturated carbocycles. The fourth-order valence-corrected chi connectivity index (χ4v) is 5.04. The van der Waals surface area contributed by atoms with Crippen molar-refractivity contribution in [3.63, 3.8) is 0 Å². The lowest BCUT2D eigenvalue weighted by Crippen LogP contribution is -2.38. The van der Waals surface area contributed by atoms with Gasteiger partial charge in [-0.25, -0.2) is 8.42 Å². The Morgan fingerprint density at radius 2 is 1.84 bits per heavy atom. The number of fused-ring (bicyclic) bond motifs is 1. The van der Waals surface area contributed by atoms with E-state index in [1.807, 2.05) is 61.5 Å². The van der Waals surface area contributed by atoms with Gasteiger partial charge in [0.2, 0.25) is 5.91 Å². The average Bonchev–Trinajstić information content (AvgIpc) is 2.75. The molecule has 1 unspecified atom stereocenters. The summed E-state index contributed by atoms with van der Waals surface area (Å²) >= 11 is 0. The van der Waals surface area contributed by atoms with Crippen molar-refractivity contribution in [2.24, 2.45) is 4.99 Å². The van der Waals surface area contributed by atoms with E-state index >= 15 is 0 Å². The fraction of sp³-hybridized carbons (Fsp3) is 0.391. The Morgan fingerprint density at radius 3 is 2.61 bits per heavy atom. The first-order chi connectivity index (χ1) is 15.0. The molecule has 31 heavy (non-hydrogen) atoms. The molecule has 1 atom stereocenters. The summed E-state index contributed by atoms with van der Waals surface area (Å²) in [6.07, 6.45) is 0.895. The number of hydrogen-bond donors (Lipinski definition) is 3. The molecule has 0 fully saturated rings. The van der Waals surface area contributed by atoms with E-state index in [9.17, 15) is 13.2 Å². The highest BCUT2D eigenvalue weighted by atomic mass is 32.2. The second kappa shape index (κ2) is 10.9. The number of anilines is 1. The molecule has 0 spiro atoms. The van der Waals surface area contributed by atoms with Gasteiger partial charge < -0.3 is 16.0 Å². The quantitative estimate of drug-likeness (QED) is 0.315. The lowest BCUT2D eigenvalue weighted by atomic mass is 9.91. The van der Waals surface area contributed by atoms with E-state index in [0.29, 0.717) is 38.4 Å². The predicted molar refractivity (Wildman–Crippen MR) is 125 cm³/mol. The van der Waals surface area contributed by atoms with Crippen molar-refractivity contribution in [3.05, 3.63) is 65.7 Å². The highest BCUT2D eigenvalue weighted by Crippen LogP contribution is 2.31. The fourth-order valence-electron chi connectivity index (χ4n) is 3.61. The summed E-state index contributed by atoms with van der Waals surface area (Å²) in [7, 11) is -3.16. The van der Waals surface area contributed by atoms with E-state index < -0.39 is 9.84 Å². The van der Waals surface area contributed by atoms with Gasteiger partial charge in [0.15, 0.2) is 15.8 Å². The zero-order valence-corrected chi connectivity index (χ0v) is 18.6. The number of carbonyl (C=O) groups is 1. The van der Waals surface area contributed by atoms with Gasteiger partial charge in [0.1, 0.15) is 0 Å². The largest absolute Gasteiger partial charge is 0.357 e. The van der Waals surface area contributed by atoms with Gasteiger partial charge in [-0.2, -0.15) is 0 Å². The van der Waals surface area contributed by atoms with Crippen LogP contribution in [0.5, 0.6) is 0 Å². The van der Waals surface area contributed by atoms with Gasteiger partial charge in [0.05, 0.1) is 18.1 Å². The first kappa shape index (κ1) is 22.8. The van der Waals surface area contributed by atoms with Crippen LogP contribution in [0.15, 0.2) is 59.6 Å². The summed E-state index contributed by atoms with van der Waals surface area (Å²) in [6.45, 7) is 3.65. The van der Waals surface area contributed by atoms with Crippen LogP contribution in [0.2, 0.25) is 0 Å². The molecular formula is C23H30N4O3S. The van der Waals surface area contributed by atoms with Gasteiger partial charge in [-0.1, -0.05) is 48.5 Å². The maximum absolute atomic E-state index is 12.3. The number of aliphatic imine (C=N–C) groups is 1. The molecule has 2 aromatic carbocycles. The molecule has 2 aromatic rings. The van der Waals surface area contributed by atoms with Crippen LogP contribution >= 0.6 is 0 Å². The topological polar surface area (TPSA) is 99.7 Å². The minimum absolute atomic E-state index is 0.000447. The summed E-state index contributed by atoms with van der Waals surface area (Å²) < 4.78 is 24.7. The lowest BCUT2D eigenvalue weighted by molar-refractivity contribution is -0.116. The van der Waals surface area contributed by atoms with Gasteiger partial charge in [0.25, 0.3) is 0 Å². The average molecular weight is 443 g/mol. The lowest BCUT2D eigenvalue weighted by Gasteiger charge is -2.24. The summed E-state index contributed by atoms with van der Waals surface area (Å²) in [6, 6.07) is 17.0. The number of guanidine groups is 1. The minimum Gasteiger partial charge on any atom is -0.357 e. The van der Waals surface area contributed by atoms with Crippen molar-refractivity contribution in [2.75, 3.05) is 30.7 Å². The number of amides is 1. The van der Waals surface area contributed by atoms with Gasteiger partial charge in [-0.05, 0) is 30.5 Å². The van der Waals surface area contributed by atoms with Crippen molar-refractivity contribution in [2.45, 2.75) is 31.4 Å². The van der Waals surface area contributed by atoms with E-state index in [2.05, 4.69) is 20.9 Å². The van der Waals surface area contributed by atoms with Crippen molar-refractivity contribution in [1.82, 2.24) is 10.6 Å². The Bertz CT molecular complexity index is 1010. The van der Waals surface area contributed by atoms with Crippen LogP contribution in [-0.4, -0.2) is 45.7 Å². The van der Waals surface area contributed by atoms with E-state index in [1.54, 1.807) is 0 Å². The second-order valence-corrected chi connectivity index (χ2v) is 9.80. The second-order valence-electron chi connectivity index (χ2n) is 7.61. The molecule has 1 aliphatic rings. The Kier molecular flexibility index (Phi) is 8.06. The van der Waals surface area contributed by atoms with E-state index in [0.717, 1.165) is 16.8 Å². The first-order valence-corrected chi connectivity index (χ1v) is 12.4. The molecule has 3 N–H and O–H groups in total. The number of hydrogen-bond acceptors (Lipinski definition) is 4. The molecule has 1 amide bonds. The molecule has 1 heterocycles. The zero-order chi connectivity index (χ0) is 22.1. The molecule has 0 radical (unpaired) electrons. The normalized spacial score (nSPS) is 16.4. The van der Waals surface area contributed by atoms with Gasteiger partial charge in [-0.3, -0.25) is 9.79 Å². The van der Waals surface area contributed by atoms with Crippen LogP contribution in [0.1, 0.15) is 36.8 Å². The third kappa shape index (κ3) is 7.10. The Morgan fingerprint density at radius 1 is 1.10 bits per heavy atom. The number of carbonyl (C=O) groups excluding carboxylic acids is 1. The molecule has 0 aliphatic carbocycles. The van der Waals surface area contributed by atoms with Crippen LogP contribution in [0.25, 0.3) is 0 Å². The number of benzene rings is 2. The number of nitrogens with one attached hydrogen (secondary N) is 3. The van der Waals surface area contributed by atoms with E-state index in [-0.39, 0.29) is 23.3 Å². The predicted octanol–water partition coefficient (Wildman–Crippen LogP) is 2.67. The molecule has 166 valence electrons. The molecule has 8 heteroatoms. The van der Waals surface area contributed by atoms with E-state index in [1.165, 1.54) is 0 Å². The van der Waals surface area contributed by atoms with Crippen molar-refractivity contribution >= 4 is 27.4 Å².